The van der Waals surface area contributed by atoms with E-state index in [2.05, 4.69) is 17.6 Å². The van der Waals surface area contributed by atoms with Crippen molar-refractivity contribution in [2.24, 2.45) is 0 Å². The van der Waals surface area contributed by atoms with Gasteiger partial charge in [-0.3, -0.25) is 4.79 Å². The van der Waals surface area contributed by atoms with E-state index in [1.54, 1.807) is 7.05 Å². The van der Waals surface area contributed by atoms with Crippen LogP contribution in [0.5, 0.6) is 0 Å². The maximum Gasteiger partial charge on any atom is 0.238 e. The molecule has 14 heavy (non-hydrogen) atoms. The molecule has 3 heteroatoms. The summed E-state index contributed by atoms with van der Waals surface area (Å²) < 4.78 is 0. The van der Waals surface area contributed by atoms with Crippen molar-refractivity contribution in [2.45, 2.75) is 13.3 Å². The first-order chi connectivity index (χ1) is 6.76. The fraction of sp³-hybridized carbons (Fsp3) is 0.364. The van der Waals surface area contributed by atoms with Crippen molar-refractivity contribution in [3.05, 3.63) is 29.8 Å². The third kappa shape index (κ3) is 3.18. The molecule has 0 radical (unpaired) electrons. The van der Waals surface area contributed by atoms with E-state index in [4.69, 9.17) is 0 Å². The van der Waals surface area contributed by atoms with Crippen LogP contribution < -0.4 is 10.6 Å². The van der Waals surface area contributed by atoms with Crippen molar-refractivity contribution in [1.29, 1.82) is 0 Å². The summed E-state index contributed by atoms with van der Waals surface area (Å²) in [6.45, 7) is 2.45. The molecule has 1 aromatic carbocycles. The summed E-state index contributed by atoms with van der Waals surface area (Å²) in [5.74, 6) is -0.0169. The summed E-state index contributed by atoms with van der Waals surface area (Å²) in [5.41, 5.74) is 2.12. The zero-order valence-electron chi connectivity index (χ0n) is 8.63. The summed E-state index contributed by atoms with van der Waals surface area (Å²) in [7, 11) is 1.75. The van der Waals surface area contributed by atoms with Gasteiger partial charge in [0.25, 0.3) is 0 Å². The molecule has 0 saturated carbocycles. The molecule has 0 aliphatic heterocycles. The van der Waals surface area contributed by atoms with E-state index >= 15 is 0 Å². The van der Waals surface area contributed by atoms with Gasteiger partial charge in [0.2, 0.25) is 5.91 Å². The summed E-state index contributed by atoms with van der Waals surface area (Å²) in [6, 6.07) is 7.89. The van der Waals surface area contributed by atoms with Crippen LogP contribution in [0, 0.1) is 0 Å². The largest absolute Gasteiger partial charge is 0.325 e. The molecule has 0 spiro atoms. The van der Waals surface area contributed by atoms with Crippen LogP contribution in [0.3, 0.4) is 0 Å². The van der Waals surface area contributed by atoms with Gasteiger partial charge in [-0.15, -0.1) is 0 Å². The first-order valence-electron chi connectivity index (χ1n) is 4.79. The summed E-state index contributed by atoms with van der Waals surface area (Å²) >= 11 is 0. The number of hydrogen-bond acceptors (Lipinski definition) is 2. The molecule has 76 valence electrons. The van der Waals surface area contributed by atoms with Crippen LogP contribution in [0.25, 0.3) is 0 Å². The summed E-state index contributed by atoms with van der Waals surface area (Å²) in [4.78, 5) is 11.2. The number of aryl methyl sites for hydroxylation is 1. The molecule has 0 heterocycles. The van der Waals surface area contributed by atoms with Crippen molar-refractivity contribution < 1.29 is 4.79 Å². The number of hydrogen-bond donors (Lipinski definition) is 2. The minimum Gasteiger partial charge on any atom is -0.325 e. The minimum absolute atomic E-state index is 0.0169. The van der Waals surface area contributed by atoms with Gasteiger partial charge in [-0.1, -0.05) is 19.1 Å². The fourth-order valence-electron chi connectivity index (χ4n) is 1.19. The van der Waals surface area contributed by atoms with Gasteiger partial charge >= 0.3 is 0 Å². The molecule has 0 bridgehead atoms. The number of carbonyl (C=O) groups is 1. The lowest BCUT2D eigenvalue weighted by atomic mass is 10.1. The van der Waals surface area contributed by atoms with Gasteiger partial charge in [0, 0.05) is 5.69 Å². The second kappa shape index (κ2) is 5.40. The van der Waals surface area contributed by atoms with E-state index in [1.165, 1.54) is 5.56 Å². The van der Waals surface area contributed by atoms with Crippen molar-refractivity contribution in [3.8, 4) is 0 Å². The van der Waals surface area contributed by atoms with Crippen LogP contribution in [0.4, 0.5) is 5.69 Å². The highest BCUT2D eigenvalue weighted by molar-refractivity contribution is 5.92. The van der Waals surface area contributed by atoms with Gasteiger partial charge in [0.05, 0.1) is 6.54 Å². The first-order valence-corrected chi connectivity index (χ1v) is 4.79. The van der Waals surface area contributed by atoms with Gasteiger partial charge in [0.15, 0.2) is 0 Å². The lowest BCUT2D eigenvalue weighted by Gasteiger charge is -2.05. The zero-order chi connectivity index (χ0) is 10.4. The van der Waals surface area contributed by atoms with Gasteiger partial charge in [0.1, 0.15) is 0 Å². The molecule has 0 fully saturated rings. The van der Waals surface area contributed by atoms with Crippen molar-refractivity contribution in [2.75, 3.05) is 18.9 Å². The van der Waals surface area contributed by atoms with Crippen LogP contribution >= 0.6 is 0 Å². The highest BCUT2D eigenvalue weighted by atomic mass is 16.1. The molecule has 0 atom stereocenters. The Balaban J connectivity index is 2.55. The molecule has 1 amide bonds. The second-order valence-electron chi connectivity index (χ2n) is 3.13. The molecule has 0 aliphatic carbocycles. The Morgan fingerprint density at radius 3 is 2.43 bits per heavy atom. The van der Waals surface area contributed by atoms with Crippen LogP contribution in [-0.2, 0) is 11.2 Å². The fourth-order valence-corrected chi connectivity index (χ4v) is 1.19. The topological polar surface area (TPSA) is 41.1 Å². The maximum absolute atomic E-state index is 11.2. The Labute approximate surface area is 84.5 Å². The summed E-state index contributed by atoms with van der Waals surface area (Å²) in [6.07, 6.45) is 1.02. The Morgan fingerprint density at radius 1 is 1.29 bits per heavy atom. The van der Waals surface area contributed by atoms with E-state index in [0.29, 0.717) is 6.54 Å². The second-order valence-corrected chi connectivity index (χ2v) is 3.13. The third-order valence-corrected chi connectivity index (χ3v) is 1.98. The number of anilines is 1. The predicted molar refractivity (Wildman–Crippen MR) is 58.4 cm³/mol. The maximum atomic E-state index is 11.2. The molecule has 1 rings (SSSR count). The van der Waals surface area contributed by atoms with Gasteiger partial charge < -0.3 is 10.6 Å². The van der Waals surface area contributed by atoms with E-state index in [1.807, 2.05) is 24.3 Å². The van der Waals surface area contributed by atoms with Crippen molar-refractivity contribution in [1.82, 2.24) is 5.32 Å². The Bertz CT molecular complexity index is 293. The first kappa shape index (κ1) is 10.7. The number of likely N-dealkylation sites (N-methyl/N-ethyl adjacent to an activating group) is 1. The normalized spacial score (nSPS) is 9.86. The Kier molecular flexibility index (Phi) is 4.13. The number of nitrogens with one attached hydrogen (secondary N) is 2. The van der Waals surface area contributed by atoms with E-state index in [0.717, 1.165) is 12.1 Å². The predicted octanol–water partition coefficient (Wildman–Crippen LogP) is 1.41. The minimum atomic E-state index is -0.0169. The van der Waals surface area contributed by atoms with Gasteiger partial charge in [-0.25, -0.2) is 0 Å². The van der Waals surface area contributed by atoms with Crippen LogP contribution in [-0.4, -0.2) is 19.5 Å². The quantitative estimate of drug-likeness (QED) is 0.757. The molecule has 0 unspecified atom stereocenters. The molecule has 0 saturated heterocycles. The molecule has 1 aromatic rings. The van der Waals surface area contributed by atoms with Crippen LogP contribution in [0.1, 0.15) is 12.5 Å². The number of carbonyl (C=O) groups excluding carboxylic acids is 1. The number of benzene rings is 1. The molecule has 2 N–H and O–H groups in total. The van der Waals surface area contributed by atoms with E-state index in [9.17, 15) is 4.79 Å². The van der Waals surface area contributed by atoms with Crippen molar-refractivity contribution >= 4 is 11.6 Å². The smallest absolute Gasteiger partial charge is 0.238 e. The van der Waals surface area contributed by atoms with Crippen molar-refractivity contribution in [3.63, 3.8) is 0 Å². The van der Waals surface area contributed by atoms with Crippen LogP contribution in [0.15, 0.2) is 24.3 Å². The third-order valence-electron chi connectivity index (χ3n) is 1.98. The van der Waals surface area contributed by atoms with E-state index < -0.39 is 0 Å². The highest BCUT2D eigenvalue weighted by Crippen LogP contribution is 2.09. The number of amides is 1. The van der Waals surface area contributed by atoms with E-state index in [-0.39, 0.29) is 5.91 Å². The van der Waals surface area contributed by atoms with Gasteiger partial charge in [-0.05, 0) is 31.2 Å². The lowest BCUT2D eigenvalue weighted by molar-refractivity contribution is -0.115. The van der Waals surface area contributed by atoms with Crippen LogP contribution in [0.2, 0.25) is 0 Å². The Morgan fingerprint density at radius 2 is 1.93 bits per heavy atom. The molecule has 3 nitrogen and oxygen atoms in total. The number of rotatable bonds is 4. The average Bonchev–Trinajstić information content (AvgIpc) is 2.19. The molecular formula is C11H16N2O. The SMILES string of the molecule is CCc1ccc(NC(=O)CNC)cc1. The molecular weight excluding hydrogens is 176 g/mol. The Hall–Kier alpha value is -1.35. The monoisotopic (exact) mass is 192 g/mol. The van der Waals surface area contributed by atoms with Gasteiger partial charge in [-0.2, -0.15) is 0 Å². The average molecular weight is 192 g/mol. The highest BCUT2D eigenvalue weighted by Gasteiger charge is 1.99. The zero-order valence-corrected chi connectivity index (χ0v) is 8.63. The standard InChI is InChI=1S/C11H16N2O/c1-3-9-4-6-10(7-5-9)13-11(14)8-12-2/h4-7,12H,3,8H2,1-2H3,(H,13,14). The summed E-state index contributed by atoms with van der Waals surface area (Å²) in [5, 5.41) is 5.59. The lowest BCUT2D eigenvalue weighted by Crippen LogP contribution is -2.24. The molecule has 0 aromatic heterocycles. The molecule has 0 aliphatic rings.